The second-order valence-electron chi connectivity index (χ2n) is 29.5. The molecule has 74 heavy (non-hydrogen) atoms. The van der Waals surface area contributed by atoms with E-state index in [1.54, 1.807) is 0 Å². The molecule has 0 aliphatic rings. The van der Waals surface area contributed by atoms with Crippen LogP contribution >= 0.6 is 0 Å². The molecule has 4 radical (unpaired) electrons. The van der Waals surface area contributed by atoms with Crippen LogP contribution in [0.15, 0.2) is 84.9 Å². The zero-order chi connectivity index (χ0) is 56.0. The number of rotatable bonds is 6. The van der Waals surface area contributed by atoms with E-state index in [9.17, 15) is 20.4 Å². The fourth-order valence-corrected chi connectivity index (χ4v) is 10.1. The van der Waals surface area contributed by atoms with Gasteiger partial charge in [-0.15, -0.1) is 0 Å². The lowest BCUT2D eigenvalue weighted by atomic mass is 9.76. The van der Waals surface area contributed by atoms with Gasteiger partial charge in [-0.3, -0.25) is 20.4 Å². The van der Waals surface area contributed by atoms with Gasteiger partial charge in [0.25, 0.3) is 0 Å². The van der Waals surface area contributed by atoms with E-state index < -0.39 is 21.7 Å². The summed E-state index contributed by atoms with van der Waals surface area (Å²) in [5, 5.41) is 57.1. The molecule has 0 saturated heterocycles. The zero-order valence-corrected chi connectivity index (χ0v) is 49.9. The van der Waals surface area contributed by atoms with E-state index in [2.05, 4.69) is 263 Å². The SMILES string of the molecule is CC(C)(C)c1cc(-c2ccc(/C=C/c3ccc(-c4cc(C(C)(C)C)c([O])c(C(C)(C)C)c4)cc3-c3cc(C(C)(C)C)c([O])c(C(C)(C)C)c3)c(-c3cc(C(C)(C)C)c([O])c(C(C)(C)C)c3)c2)cc(C(C)(C)C)c1[O]. The molecule has 6 aromatic rings. The van der Waals surface area contributed by atoms with E-state index in [0.717, 1.165) is 100 Å². The van der Waals surface area contributed by atoms with Crippen LogP contribution in [0.5, 0.6) is 23.0 Å². The lowest BCUT2D eigenvalue weighted by molar-refractivity contribution is 0.326. The van der Waals surface area contributed by atoms with E-state index in [0.29, 0.717) is 0 Å². The average molecular weight is 993 g/mol. The molecule has 0 aromatic heterocycles. The van der Waals surface area contributed by atoms with Crippen molar-refractivity contribution in [3.05, 3.63) is 141 Å². The summed E-state index contributed by atoms with van der Waals surface area (Å²) in [5.74, 6) is 0.327. The summed E-state index contributed by atoms with van der Waals surface area (Å²) in [7, 11) is 0. The van der Waals surface area contributed by atoms with Crippen LogP contribution in [-0.4, -0.2) is 0 Å². The number of hydrogen-bond donors (Lipinski definition) is 0. The summed E-state index contributed by atoms with van der Waals surface area (Å²) in [4.78, 5) is 0. The molecule has 0 aliphatic carbocycles. The van der Waals surface area contributed by atoms with Gasteiger partial charge < -0.3 is 0 Å². The molecular weight excluding hydrogens is 905 g/mol. The highest BCUT2D eigenvalue weighted by Gasteiger charge is 2.33. The van der Waals surface area contributed by atoms with Crippen LogP contribution in [0.3, 0.4) is 0 Å². The van der Waals surface area contributed by atoms with E-state index in [-0.39, 0.29) is 44.7 Å². The van der Waals surface area contributed by atoms with Crippen molar-refractivity contribution in [3.8, 4) is 67.5 Å². The van der Waals surface area contributed by atoms with Gasteiger partial charge in [0.15, 0.2) is 23.0 Å². The molecule has 4 heteroatoms. The molecule has 0 saturated carbocycles. The van der Waals surface area contributed by atoms with Crippen LogP contribution in [0, 0.1) is 0 Å². The predicted molar refractivity (Wildman–Crippen MR) is 314 cm³/mol. The van der Waals surface area contributed by atoms with Crippen molar-refractivity contribution in [2.75, 3.05) is 0 Å². The Morgan fingerprint density at radius 3 is 0.581 bits per heavy atom. The topological polar surface area (TPSA) is 79.6 Å². The van der Waals surface area contributed by atoms with Crippen molar-refractivity contribution in [1.82, 2.24) is 0 Å². The van der Waals surface area contributed by atoms with Gasteiger partial charge in [0.2, 0.25) is 0 Å². The largest absolute Gasteiger partial charge is 0.289 e. The summed E-state index contributed by atoms with van der Waals surface area (Å²) in [6, 6.07) is 29.8. The third-order valence-corrected chi connectivity index (χ3v) is 14.7. The van der Waals surface area contributed by atoms with Crippen molar-refractivity contribution in [2.45, 2.75) is 209 Å². The van der Waals surface area contributed by atoms with Crippen LogP contribution in [0.1, 0.15) is 222 Å². The molecule has 0 heterocycles. The second-order valence-corrected chi connectivity index (χ2v) is 29.5. The van der Waals surface area contributed by atoms with Gasteiger partial charge in [0, 0.05) is 44.5 Å². The molecule has 0 N–H and O–H groups in total. The smallest absolute Gasteiger partial charge is 0.186 e. The third-order valence-electron chi connectivity index (χ3n) is 14.7. The predicted octanol–water partition coefficient (Wildman–Crippen LogP) is 21.5. The van der Waals surface area contributed by atoms with Crippen molar-refractivity contribution in [2.24, 2.45) is 0 Å². The molecule has 0 fully saturated rings. The Morgan fingerprint density at radius 1 is 0.230 bits per heavy atom. The Labute approximate surface area is 448 Å². The minimum atomic E-state index is -0.419. The average Bonchev–Trinajstić information content (AvgIpc) is 3.22. The Bertz CT molecular complexity index is 2780. The monoisotopic (exact) mass is 993 g/mol. The summed E-state index contributed by atoms with van der Waals surface area (Å²) in [6.07, 6.45) is 4.36. The zero-order valence-electron chi connectivity index (χ0n) is 49.9. The van der Waals surface area contributed by atoms with Crippen LogP contribution < -0.4 is 0 Å². The molecule has 4 nitrogen and oxygen atoms in total. The number of hydrogen-bond acceptors (Lipinski definition) is 0. The molecule has 392 valence electrons. The van der Waals surface area contributed by atoms with Crippen LogP contribution in [0.25, 0.3) is 56.7 Å². The quantitative estimate of drug-likeness (QED) is 0.149. The molecule has 6 rings (SSSR count). The molecule has 0 aliphatic heterocycles. The maximum Gasteiger partial charge on any atom is 0.186 e. The third kappa shape index (κ3) is 12.0. The Kier molecular flexibility index (Phi) is 14.9. The van der Waals surface area contributed by atoms with E-state index >= 15 is 0 Å². The minimum absolute atomic E-state index is 0.0740. The van der Waals surface area contributed by atoms with E-state index in [1.165, 1.54) is 0 Å². The number of benzene rings is 6. The van der Waals surface area contributed by atoms with Crippen molar-refractivity contribution >= 4 is 12.2 Å². The fourth-order valence-electron chi connectivity index (χ4n) is 10.1. The first-order valence-corrected chi connectivity index (χ1v) is 26.8. The Hall–Kier alpha value is -5.74. The van der Waals surface area contributed by atoms with Gasteiger partial charge in [-0.25, -0.2) is 0 Å². The molecule has 0 bridgehead atoms. The van der Waals surface area contributed by atoms with Gasteiger partial charge in [-0.2, -0.15) is 0 Å². The highest BCUT2D eigenvalue weighted by Crippen LogP contribution is 2.49. The standard InChI is InChI=1S/C70H88O4/c1-63(2,3)51-33-45(34-52(59(51)71)64(4,5)6)43-29-27-41(49(31-43)47-37-55(67(13,14)15)61(73)56(38-47)68(16,17)18)25-26-42-28-30-44(46-35-53(65(7,8)9)60(72)54(36-46)66(10,11)12)32-50(42)48-39-57(69(19,20)21)62(74)58(40-48)70(22,23)24/h25-40H,1-24H3/b26-25+. The first-order chi connectivity index (χ1) is 33.4. The second kappa shape index (κ2) is 19.1. The highest BCUT2D eigenvalue weighted by atomic mass is 16.3. The fraction of sp³-hybridized carbons (Fsp3) is 0.457. The highest BCUT2D eigenvalue weighted by molar-refractivity contribution is 5.90. The first-order valence-electron chi connectivity index (χ1n) is 26.8. The van der Waals surface area contributed by atoms with Gasteiger partial charge in [0.1, 0.15) is 0 Å². The van der Waals surface area contributed by atoms with Gasteiger partial charge in [0.05, 0.1) is 0 Å². The van der Waals surface area contributed by atoms with Crippen LogP contribution in [0.2, 0.25) is 0 Å². The van der Waals surface area contributed by atoms with Gasteiger partial charge in [-0.05, 0) is 160 Å². The lowest BCUT2D eigenvalue weighted by Gasteiger charge is -2.28. The van der Waals surface area contributed by atoms with Crippen LogP contribution in [0.4, 0.5) is 0 Å². The maximum absolute atomic E-state index is 14.4. The Balaban J connectivity index is 1.73. The van der Waals surface area contributed by atoms with Gasteiger partial charge in [-0.1, -0.05) is 203 Å². The summed E-state index contributed by atoms with van der Waals surface area (Å²) in [5.41, 5.74) is 12.7. The molecule has 0 atom stereocenters. The summed E-state index contributed by atoms with van der Waals surface area (Å²) >= 11 is 0. The minimum Gasteiger partial charge on any atom is -0.289 e. The van der Waals surface area contributed by atoms with E-state index in [4.69, 9.17) is 0 Å². The van der Waals surface area contributed by atoms with Crippen molar-refractivity contribution in [1.29, 1.82) is 0 Å². The van der Waals surface area contributed by atoms with Crippen molar-refractivity contribution < 1.29 is 20.4 Å². The molecule has 6 aromatic carbocycles. The summed E-state index contributed by atoms with van der Waals surface area (Å²) in [6.45, 7) is 50.5. The maximum atomic E-state index is 14.4. The molecule has 0 spiro atoms. The molecular formula is C70H88O4. The molecule has 0 amide bonds. The lowest BCUT2D eigenvalue weighted by Crippen LogP contribution is -2.17. The normalized spacial score (nSPS) is 13.6. The van der Waals surface area contributed by atoms with E-state index in [1.807, 2.05) is 0 Å². The summed E-state index contributed by atoms with van der Waals surface area (Å²) < 4.78 is 0. The Morgan fingerprint density at radius 2 is 0.405 bits per heavy atom. The molecule has 0 unspecified atom stereocenters. The first kappa shape index (κ1) is 57.5. The van der Waals surface area contributed by atoms with Crippen molar-refractivity contribution in [3.63, 3.8) is 0 Å². The van der Waals surface area contributed by atoms with Crippen LogP contribution in [-0.2, 0) is 63.7 Å². The van der Waals surface area contributed by atoms with Gasteiger partial charge >= 0.3 is 0 Å².